The molecule has 5 fully saturated rings. The van der Waals surface area contributed by atoms with Crippen LogP contribution in [0.4, 0.5) is 16.5 Å². The summed E-state index contributed by atoms with van der Waals surface area (Å²) in [6.45, 7) is 12.2. The molecule has 5 saturated heterocycles. The highest BCUT2D eigenvalue weighted by molar-refractivity contribution is 7.15. The number of anilines is 3. The number of hydrogen-bond donors (Lipinski definition) is 1. The van der Waals surface area contributed by atoms with Crippen molar-refractivity contribution >= 4 is 63.1 Å². The molecule has 1 unspecified atom stereocenters. The van der Waals surface area contributed by atoms with Crippen LogP contribution in [0, 0.1) is 16.7 Å². The van der Waals surface area contributed by atoms with Crippen molar-refractivity contribution in [1.29, 1.82) is 5.26 Å². The monoisotopic (exact) mass is 809 g/mol. The molecule has 0 radical (unpaired) electrons. The van der Waals surface area contributed by atoms with Crippen molar-refractivity contribution in [3.8, 4) is 6.07 Å². The fraction of sp³-hybridized carbons (Fsp3) is 0.524. The van der Waals surface area contributed by atoms with Crippen LogP contribution in [0.3, 0.4) is 0 Å². The number of fused-ring (bicyclic) bond motifs is 1. The number of piperidine rings is 3. The maximum Gasteiger partial charge on any atom is 0.262 e. The number of piperazine rings is 1. The smallest absolute Gasteiger partial charge is 0.262 e. The second-order valence-electron chi connectivity index (χ2n) is 16.8. The van der Waals surface area contributed by atoms with E-state index in [1.54, 1.807) is 12.1 Å². The third-order valence-electron chi connectivity index (χ3n) is 13.4. The normalized spacial score (nSPS) is 24.7. The van der Waals surface area contributed by atoms with E-state index in [-0.39, 0.29) is 18.7 Å². The van der Waals surface area contributed by atoms with E-state index in [2.05, 4.69) is 49.0 Å². The van der Waals surface area contributed by atoms with Gasteiger partial charge in [-0.15, -0.1) is 11.3 Å². The third kappa shape index (κ3) is 7.28. The van der Waals surface area contributed by atoms with Gasteiger partial charge in [0.25, 0.3) is 11.8 Å². The Morgan fingerprint density at radius 2 is 1.63 bits per heavy atom. The van der Waals surface area contributed by atoms with Crippen LogP contribution in [0.5, 0.6) is 0 Å². The Morgan fingerprint density at radius 3 is 2.35 bits per heavy atom. The van der Waals surface area contributed by atoms with Gasteiger partial charge in [0.1, 0.15) is 12.1 Å². The Bertz CT molecular complexity index is 2130. The molecule has 298 valence electrons. The predicted molar refractivity (Wildman–Crippen MR) is 219 cm³/mol. The lowest BCUT2D eigenvalue weighted by atomic mass is 9.77. The summed E-state index contributed by atoms with van der Waals surface area (Å²) in [6, 6.07) is 13.4. The van der Waals surface area contributed by atoms with Crippen LogP contribution in [-0.4, -0.2) is 120 Å². The maximum atomic E-state index is 13.4. The molecule has 1 spiro atoms. The Kier molecular flexibility index (Phi) is 10.2. The van der Waals surface area contributed by atoms with Crippen LogP contribution in [0.25, 0.3) is 0 Å². The Hall–Kier alpha value is -4.55. The minimum absolute atomic E-state index is 0.104. The first-order valence-electron chi connectivity index (χ1n) is 20.3. The lowest BCUT2D eigenvalue weighted by Crippen LogP contribution is -2.54. The first-order chi connectivity index (χ1) is 27.6. The topological polar surface area (TPSA) is 136 Å². The number of benzene rings is 2. The summed E-state index contributed by atoms with van der Waals surface area (Å²) >= 11 is 8.23. The zero-order valence-corrected chi connectivity index (χ0v) is 33.9. The number of rotatable bonds is 7. The SMILES string of the molecule is C[C@H]1CC2(CCN(c3ncc(CN4CCN(C5CCN(c6ccc7c(c6)C(=O)N(C6CCC(=O)NC6=O)C7=O)CC5)CC4)s3)CC2)CN1c1ccc(C#N)c(Cl)c1. The average Bonchev–Trinajstić information content (AvgIpc) is 3.89. The molecule has 13 nitrogen and oxygen atoms in total. The van der Waals surface area contributed by atoms with E-state index >= 15 is 0 Å². The van der Waals surface area contributed by atoms with Gasteiger partial charge in [-0.05, 0) is 87.3 Å². The summed E-state index contributed by atoms with van der Waals surface area (Å²) in [5, 5.41) is 13.2. The molecule has 6 aliphatic heterocycles. The molecule has 0 bridgehead atoms. The molecule has 2 atom stereocenters. The van der Waals surface area contributed by atoms with Crippen molar-refractivity contribution in [2.75, 3.05) is 73.6 Å². The molecule has 1 N–H and O–H groups in total. The maximum absolute atomic E-state index is 13.4. The van der Waals surface area contributed by atoms with Gasteiger partial charge in [-0.2, -0.15) is 5.26 Å². The Labute approximate surface area is 342 Å². The summed E-state index contributed by atoms with van der Waals surface area (Å²) < 4.78 is 0. The second-order valence-corrected chi connectivity index (χ2v) is 18.3. The number of nitrogens with one attached hydrogen (secondary N) is 1. The molecule has 9 rings (SSSR count). The molecule has 57 heavy (non-hydrogen) atoms. The zero-order chi connectivity index (χ0) is 39.4. The highest BCUT2D eigenvalue weighted by Crippen LogP contribution is 2.46. The molecule has 6 aliphatic rings. The molecule has 4 amide bonds. The minimum atomic E-state index is -0.958. The number of aromatic nitrogens is 1. The van der Waals surface area contributed by atoms with Crippen molar-refractivity contribution < 1.29 is 19.2 Å². The summed E-state index contributed by atoms with van der Waals surface area (Å²) in [5.74, 6) is -1.91. The van der Waals surface area contributed by atoms with E-state index in [1.165, 1.54) is 11.3 Å². The van der Waals surface area contributed by atoms with Crippen LogP contribution in [0.15, 0.2) is 42.6 Å². The Morgan fingerprint density at radius 1 is 0.895 bits per heavy atom. The van der Waals surface area contributed by atoms with E-state index in [4.69, 9.17) is 16.6 Å². The van der Waals surface area contributed by atoms with Gasteiger partial charge in [0.15, 0.2) is 5.13 Å². The largest absolute Gasteiger partial charge is 0.371 e. The lowest BCUT2D eigenvalue weighted by molar-refractivity contribution is -0.136. The molecule has 7 heterocycles. The van der Waals surface area contributed by atoms with Crippen molar-refractivity contribution in [3.05, 3.63) is 69.2 Å². The fourth-order valence-electron chi connectivity index (χ4n) is 10.1. The molecule has 0 aliphatic carbocycles. The number of nitrogens with zero attached hydrogens (tertiary/aromatic N) is 8. The van der Waals surface area contributed by atoms with Crippen LogP contribution in [-0.2, 0) is 16.1 Å². The summed E-state index contributed by atoms with van der Waals surface area (Å²) in [6.07, 6.45) is 7.85. The van der Waals surface area contributed by atoms with Crippen LogP contribution < -0.4 is 20.0 Å². The Balaban J connectivity index is 0.726. The average molecular weight is 810 g/mol. The molecular weight excluding hydrogens is 762 g/mol. The van der Waals surface area contributed by atoms with Gasteiger partial charge in [-0.1, -0.05) is 11.6 Å². The molecule has 15 heteroatoms. The van der Waals surface area contributed by atoms with Crippen molar-refractivity contribution in [2.24, 2.45) is 5.41 Å². The molecule has 1 aromatic heterocycles. The molecule has 3 aromatic rings. The van der Waals surface area contributed by atoms with Gasteiger partial charge in [0, 0.05) is 106 Å². The fourth-order valence-corrected chi connectivity index (χ4v) is 11.4. The summed E-state index contributed by atoms with van der Waals surface area (Å²) in [5.41, 5.74) is 3.48. The van der Waals surface area contributed by atoms with Crippen molar-refractivity contribution in [1.82, 2.24) is 25.0 Å². The number of imide groups is 2. The molecule has 0 saturated carbocycles. The van der Waals surface area contributed by atoms with Gasteiger partial charge >= 0.3 is 0 Å². The number of halogens is 1. The van der Waals surface area contributed by atoms with Crippen LogP contribution in [0.1, 0.15) is 83.0 Å². The van der Waals surface area contributed by atoms with Gasteiger partial charge in [0.2, 0.25) is 11.8 Å². The lowest BCUT2D eigenvalue weighted by Gasteiger charge is -2.43. The number of thiazole rings is 1. The standard InChI is InChI=1S/C42H48ClN9O4S/c1-27-22-42(26-51(27)31-3-2-28(23-44)35(43)21-31)10-14-50(15-11-42)41-45-24-32(57-41)25-47-16-18-49(19-17-47)29-8-12-48(13-9-29)30-4-5-33-34(20-30)40(56)52(39(33)55)36-6-7-37(53)46-38(36)54/h2-5,20-21,24,27,29,36H,6-19,22,25-26H2,1H3,(H,46,53,54)/t27-,36?/m0/s1. The predicted octanol–water partition coefficient (Wildman–Crippen LogP) is 4.74. The van der Waals surface area contributed by atoms with E-state index < -0.39 is 23.8 Å². The van der Waals surface area contributed by atoms with Gasteiger partial charge in [-0.3, -0.25) is 39.2 Å². The quantitative estimate of drug-likeness (QED) is 0.332. The van der Waals surface area contributed by atoms with E-state index in [0.29, 0.717) is 39.2 Å². The number of carbonyl (C=O) groups excluding carboxylic acids is 4. The van der Waals surface area contributed by atoms with Crippen LogP contribution in [0.2, 0.25) is 5.02 Å². The van der Waals surface area contributed by atoms with E-state index in [1.807, 2.05) is 35.6 Å². The highest BCUT2D eigenvalue weighted by atomic mass is 35.5. The minimum Gasteiger partial charge on any atom is -0.371 e. The number of hydrogen-bond acceptors (Lipinski definition) is 12. The van der Waals surface area contributed by atoms with Crippen molar-refractivity contribution in [3.63, 3.8) is 0 Å². The third-order valence-corrected chi connectivity index (χ3v) is 14.7. The first kappa shape index (κ1) is 38.0. The number of carbonyl (C=O) groups is 4. The number of nitriles is 1. The van der Waals surface area contributed by atoms with Crippen molar-refractivity contribution in [2.45, 2.75) is 76.5 Å². The molecular formula is C42H48ClN9O4S. The summed E-state index contributed by atoms with van der Waals surface area (Å²) in [7, 11) is 0. The van der Waals surface area contributed by atoms with Gasteiger partial charge < -0.3 is 14.7 Å². The number of amides is 4. The van der Waals surface area contributed by atoms with Gasteiger partial charge in [0.05, 0.1) is 21.7 Å². The zero-order valence-electron chi connectivity index (χ0n) is 32.3. The summed E-state index contributed by atoms with van der Waals surface area (Å²) in [4.78, 5) is 70.3. The van der Waals surface area contributed by atoms with Gasteiger partial charge in [-0.25, -0.2) is 4.98 Å². The first-order valence-corrected chi connectivity index (χ1v) is 21.5. The highest BCUT2D eigenvalue weighted by Gasteiger charge is 2.46. The second kappa shape index (κ2) is 15.3. The van der Waals surface area contributed by atoms with E-state index in [0.717, 1.165) is 113 Å². The molecule has 2 aromatic carbocycles. The van der Waals surface area contributed by atoms with Crippen LogP contribution >= 0.6 is 22.9 Å². The van der Waals surface area contributed by atoms with E-state index in [9.17, 15) is 24.4 Å².